The van der Waals surface area contributed by atoms with E-state index in [-0.39, 0.29) is 30.6 Å². The summed E-state index contributed by atoms with van der Waals surface area (Å²) in [4.78, 5) is 25.6. The molecule has 118 valence electrons. The number of nitrogens with two attached hydrogens (primary N) is 1. The fourth-order valence-electron chi connectivity index (χ4n) is 3.96. The molecular weight excluding hydrogens is 283 g/mol. The van der Waals surface area contributed by atoms with Crippen LogP contribution in [-0.4, -0.2) is 18.4 Å². The standard InChI is InChI=1S/C17H21FN2O2/c18-13-3-5-14(6-4-13)20(8-7-16(19)21)17(22)15-10-11-1-2-12(15)9-11/h3-6,11-12,15H,1-2,7-10H2,(H2,19,21). The van der Waals surface area contributed by atoms with E-state index >= 15 is 0 Å². The third-order valence-electron chi connectivity index (χ3n) is 5.04. The number of benzene rings is 1. The average Bonchev–Trinajstić information content (AvgIpc) is 3.11. The van der Waals surface area contributed by atoms with Crippen molar-refractivity contribution in [3.8, 4) is 0 Å². The van der Waals surface area contributed by atoms with Crippen molar-refractivity contribution in [1.82, 2.24) is 0 Å². The predicted octanol–water partition coefficient (Wildman–Crippen LogP) is 2.47. The van der Waals surface area contributed by atoms with Crippen molar-refractivity contribution >= 4 is 17.5 Å². The minimum atomic E-state index is -0.437. The van der Waals surface area contributed by atoms with E-state index in [2.05, 4.69) is 0 Å². The number of hydrogen-bond donors (Lipinski definition) is 1. The number of halogens is 1. The van der Waals surface area contributed by atoms with Crippen LogP contribution in [0.2, 0.25) is 0 Å². The Bertz CT molecular complexity index is 573. The highest BCUT2D eigenvalue weighted by molar-refractivity contribution is 5.96. The van der Waals surface area contributed by atoms with Gasteiger partial charge in [-0.2, -0.15) is 0 Å². The Kier molecular flexibility index (Phi) is 4.14. The van der Waals surface area contributed by atoms with Crippen LogP contribution in [0.1, 0.15) is 32.1 Å². The van der Waals surface area contributed by atoms with Gasteiger partial charge in [0.2, 0.25) is 11.8 Å². The highest BCUT2D eigenvalue weighted by atomic mass is 19.1. The molecule has 5 heteroatoms. The maximum atomic E-state index is 13.1. The van der Waals surface area contributed by atoms with E-state index in [4.69, 9.17) is 5.73 Å². The highest BCUT2D eigenvalue weighted by Gasteiger charge is 2.44. The summed E-state index contributed by atoms with van der Waals surface area (Å²) in [7, 11) is 0. The van der Waals surface area contributed by atoms with Gasteiger partial charge in [-0.15, -0.1) is 0 Å². The third-order valence-corrected chi connectivity index (χ3v) is 5.04. The van der Waals surface area contributed by atoms with Gasteiger partial charge in [0.05, 0.1) is 0 Å². The maximum absolute atomic E-state index is 13.1. The van der Waals surface area contributed by atoms with E-state index in [1.54, 1.807) is 17.0 Å². The number of carbonyl (C=O) groups is 2. The first kappa shape index (κ1) is 15.0. The molecule has 4 nitrogen and oxygen atoms in total. The number of anilines is 1. The van der Waals surface area contributed by atoms with E-state index in [0.29, 0.717) is 17.5 Å². The van der Waals surface area contributed by atoms with Gasteiger partial charge in [0.1, 0.15) is 5.82 Å². The van der Waals surface area contributed by atoms with E-state index < -0.39 is 5.91 Å². The van der Waals surface area contributed by atoms with E-state index in [1.807, 2.05) is 0 Å². The second-order valence-corrected chi connectivity index (χ2v) is 6.46. The number of carbonyl (C=O) groups excluding carboxylic acids is 2. The topological polar surface area (TPSA) is 63.4 Å². The molecule has 1 aromatic carbocycles. The Morgan fingerprint density at radius 3 is 2.45 bits per heavy atom. The number of primary amides is 1. The van der Waals surface area contributed by atoms with Crippen LogP contribution in [0.4, 0.5) is 10.1 Å². The minimum Gasteiger partial charge on any atom is -0.370 e. The van der Waals surface area contributed by atoms with Crippen LogP contribution < -0.4 is 10.6 Å². The van der Waals surface area contributed by atoms with Crippen molar-refractivity contribution < 1.29 is 14.0 Å². The van der Waals surface area contributed by atoms with Gasteiger partial charge < -0.3 is 10.6 Å². The molecule has 0 spiro atoms. The zero-order chi connectivity index (χ0) is 15.7. The van der Waals surface area contributed by atoms with E-state index in [1.165, 1.54) is 18.6 Å². The third kappa shape index (κ3) is 2.98. The van der Waals surface area contributed by atoms with Gasteiger partial charge in [-0.05, 0) is 55.4 Å². The summed E-state index contributed by atoms with van der Waals surface area (Å²) in [5.74, 6) is 0.453. The van der Waals surface area contributed by atoms with Gasteiger partial charge in [-0.25, -0.2) is 4.39 Å². The van der Waals surface area contributed by atoms with Crippen LogP contribution in [0.3, 0.4) is 0 Å². The molecule has 0 radical (unpaired) electrons. The molecule has 3 atom stereocenters. The molecule has 0 aromatic heterocycles. The number of hydrogen-bond acceptors (Lipinski definition) is 2. The average molecular weight is 304 g/mol. The summed E-state index contributed by atoms with van der Waals surface area (Å²) in [6.07, 6.45) is 4.55. The smallest absolute Gasteiger partial charge is 0.230 e. The zero-order valence-corrected chi connectivity index (χ0v) is 12.5. The maximum Gasteiger partial charge on any atom is 0.230 e. The Morgan fingerprint density at radius 2 is 1.91 bits per heavy atom. The summed E-state index contributed by atoms with van der Waals surface area (Å²) >= 11 is 0. The molecule has 0 aliphatic heterocycles. The van der Waals surface area contributed by atoms with Crippen LogP contribution >= 0.6 is 0 Å². The Balaban J connectivity index is 1.79. The summed E-state index contributed by atoms with van der Waals surface area (Å²) in [6.45, 7) is 0.258. The lowest BCUT2D eigenvalue weighted by Crippen LogP contribution is -2.40. The van der Waals surface area contributed by atoms with Crippen molar-refractivity contribution in [3.05, 3.63) is 30.1 Å². The number of nitrogens with zero attached hydrogens (tertiary/aromatic N) is 1. The normalized spacial score (nSPS) is 26.1. The lowest BCUT2D eigenvalue weighted by atomic mass is 9.87. The summed E-state index contributed by atoms with van der Waals surface area (Å²) in [5, 5.41) is 0. The number of fused-ring (bicyclic) bond motifs is 2. The molecule has 0 saturated heterocycles. The van der Waals surface area contributed by atoms with Crippen LogP contribution in [0.5, 0.6) is 0 Å². The number of rotatable bonds is 5. The van der Waals surface area contributed by atoms with Gasteiger partial charge in [0.25, 0.3) is 0 Å². The molecule has 2 fully saturated rings. The van der Waals surface area contributed by atoms with Crippen LogP contribution in [0, 0.1) is 23.6 Å². The first-order valence-electron chi connectivity index (χ1n) is 7.90. The Hall–Kier alpha value is -1.91. The first-order valence-corrected chi connectivity index (χ1v) is 7.90. The Morgan fingerprint density at radius 1 is 1.18 bits per heavy atom. The lowest BCUT2D eigenvalue weighted by molar-refractivity contribution is -0.124. The fourth-order valence-corrected chi connectivity index (χ4v) is 3.96. The SMILES string of the molecule is NC(=O)CCN(C(=O)C1CC2CCC1C2)c1ccc(F)cc1. The molecule has 0 heterocycles. The van der Waals surface area contributed by atoms with Crippen LogP contribution in [0.15, 0.2) is 24.3 Å². The molecular formula is C17H21FN2O2. The minimum absolute atomic E-state index is 0.0386. The second kappa shape index (κ2) is 6.07. The molecule has 3 rings (SSSR count). The highest BCUT2D eigenvalue weighted by Crippen LogP contribution is 2.49. The summed E-state index contributed by atoms with van der Waals surface area (Å²) in [6, 6.07) is 5.84. The van der Waals surface area contributed by atoms with Crippen molar-refractivity contribution in [2.75, 3.05) is 11.4 Å². The zero-order valence-electron chi connectivity index (χ0n) is 12.5. The monoisotopic (exact) mass is 304 g/mol. The Labute approximate surface area is 129 Å². The molecule has 2 aliphatic carbocycles. The summed E-state index contributed by atoms with van der Waals surface area (Å²) < 4.78 is 13.1. The molecule has 2 bridgehead atoms. The van der Waals surface area contributed by atoms with Crippen molar-refractivity contribution in [1.29, 1.82) is 0 Å². The fraction of sp³-hybridized carbons (Fsp3) is 0.529. The van der Waals surface area contributed by atoms with Crippen LogP contribution in [0.25, 0.3) is 0 Å². The molecule has 2 aliphatic rings. The van der Waals surface area contributed by atoms with E-state index in [0.717, 1.165) is 19.3 Å². The van der Waals surface area contributed by atoms with E-state index in [9.17, 15) is 14.0 Å². The molecule has 2 saturated carbocycles. The molecule has 22 heavy (non-hydrogen) atoms. The quantitative estimate of drug-likeness (QED) is 0.908. The molecule has 1 aromatic rings. The first-order chi connectivity index (χ1) is 10.5. The van der Waals surface area contributed by atoms with Crippen molar-refractivity contribution in [2.24, 2.45) is 23.5 Å². The van der Waals surface area contributed by atoms with Gasteiger partial charge >= 0.3 is 0 Å². The number of amides is 2. The molecule has 3 unspecified atom stereocenters. The van der Waals surface area contributed by atoms with Crippen molar-refractivity contribution in [2.45, 2.75) is 32.1 Å². The molecule has 2 amide bonds. The second-order valence-electron chi connectivity index (χ2n) is 6.46. The van der Waals surface area contributed by atoms with Crippen LogP contribution in [-0.2, 0) is 9.59 Å². The lowest BCUT2D eigenvalue weighted by Gasteiger charge is -2.29. The van der Waals surface area contributed by atoms with Gasteiger partial charge in [-0.3, -0.25) is 9.59 Å². The molecule has 2 N–H and O–H groups in total. The van der Waals surface area contributed by atoms with Crippen molar-refractivity contribution in [3.63, 3.8) is 0 Å². The van der Waals surface area contributed by atoms with Gasteiger partial charge in [0, 0.05) is 24.6 Å². The van der Waals surface area contributed by atoms with Gasteiger partial charge in [0.15, 0.2) is 0 Å². The summed E-state index contributed by atoms with van der Waals surface area (Å²) in [5.41, 5.74) is 5.85. The largest absolute Gasteiger partial charge is 0.370 e. The predicted molar refractivity (Wildman–Crippen MR) is 81.5 cm³/mol. The van der Waals surface area contributed by atoms with Gasteiger partial charge in [-0.1, -0.05) is 6.42 Å².